The van der Waals surface area contributed by atoms with E-state index in [1.54, 1.807) is 11.1 Å². The number of hydrogen-bond donors (Lipinski definition) is 1. The fraction of sp³-hybridized carbons (Fsp3) is 0.303. The van der Waals surface area contributed by atoms with Crippen molar-refractivity contribution in [3.63, 3.8) is 0 Å². The number of nitriles is 1. The van der Waals surface area contributed by atoms with E-state index in [9.17, 15) is 15.2 Å². The first kappa shape index (κ1) is 50.2. The molecule has 0 fully saturated rings. The van der Waals surface area contributed by atoms with Crippen LogP contribution in [0.5, 0.6) is 0 Å². The number of benzene rings is 5. The maximum Gasteiger partial charge on any atom is 0.346 e. The molecule has 0 aliphatic heterocycles. The Kier molecular flexibility index (Phi) is 15.2. The quantitative estimate of drug-likeness (QED) is 0.0417. The topological polar surface area (TPSA) is 64.3 Å². The van der Waals surface area contributed by atoms with Gasteiger partial charge in [0, 0.05) is 57.2 Å². The van der Waals surface area contributed by atoms with Gasteiger partial charge in [-0.15, -0.1) is 34.0 Å². The highest BCUT2D eigenvalue weighted by Crippen LogP contribution is 2.62. The summed E-state index contributed by atoms with van der Waals surface area (Å²) in [5.74, 6) is -1.21. The zero-order valence-electron chi connectivity index (χ0n) is 42.8. The second kappa shape index (κ2) is 22.0. The van der Waals surface area contributed by atoms with Crippen LogP contribution < -0.4 is 4.90 Å². The van der Waals surface area contributed by atoms with Crippen LogP contribution in [-0.2, 0) is 15.6 Å². The Morgan fingerprint density at radius 2 is 1.04 bits per heavy atom. The van der Waals surface area contributed by atoms with Crippen LogP contribution in [-0.4, -0.2) is 11.1 Å². The smallest absolute Gasteiger partial charge is 0.346 e. The molecule has 370 valence electrons. The lowest BCUT2D eigenvalue weighted by Crippen LogP contribution is -2.25. The van der Waals surface area contributed by atoms with Gasteiger partial charge in [-0.1, -0.05) is 184 Å². The summed E-state index contributed by atoms with van der Waals surface area (Å²) in [6, 6.07) is 55.2. The second-order valence-electron chi connectivity index (χ2n) is 20.7. The molecule has 0 amide bonds. The summed E-state index contributed by atoms with van der Waals surface area (Å²) < 4.78 is 0. The maximum atomic E-state index is 11.7. The molecule has 73 heavy (non-hydrogen) atoms. The molecule has 4 nitrogen and oxygen atoms in total. The van der Waals surface area contributed by atoms with E-state index in [4.69, 9.17) is 0 Å². The number of hydrogen-bond acceptors (Lipinski definition) is 6. The molecule has 0 saturated carbocycles. The molecule has 0 saturated heterocycles. The number of rotatable bonds is 22. The number of carbonyl (C=O) groups is 1. The second-order valence-corrected chi connectivity index (χ2v) is 23.9. The van der Waals surface area contributed by atoms with E-state index in [0.717, 1.165) is 28.2 Å². The van der Waals surface area contributed by atoms with Gasteiger partial charge in [0.15, 0.2) is 0 Å². The van der Waals surface area contributed by atoms with Crippen molar-refractivity contribution in [1.82, 2.24) is 0 Å². The maximum absolute atomic E-state index is 11.7. The average Bonchev–Trinajstić information content (AvgIpc) is 4.25. The molecule has 3 heterocycles. The van der Waals surface area contributed by atoms with E-state index >= 15 is 0 Å². The van der Waals surface area contributed by atoms with Gasteiger partial charge >= 0.3 is 5.97 Å². The van der Waals surface area contributed by atoms with Gasteiger partial charge in [0.25, 0.3) is 0 Å². The molecule has 1 N–H and O–H groups in total. The number of anilines is 3. The molecule has 0 bridgehead atoms. The number of para-hydroxylation sites is 2. The van der Waals surface area contributed by atoms with Crippen molar-refractivity contribution in [2.75, 3.05) is 4.90 Å². The van der Waals surface area contributed by atoms with Gasteiger partial charge < -0.3 is 10.0 Å². The van der Waals surface area contributed by atoms with Gasteiger partial charge in [0.05, 0.1) is 0 Å². The number of aliphatic carboxylic acids is 1. The Hall–Kier alpha value is -6.30. The number of thiophene rings is 3. The third-order valence-corrected chi connectivity index (χ3v) is 19.4. The van der Waals surface area contributed by atoms with Crippen LogP contribution in [0.25, 0.3) is 57.6 Å². The molecule has 10 rings (SSSR count). The molecular formula is C66H66N2O2S3. The summed E-state index contributed by atoms with van der Waals surface area (Å²) >= 11 is 5.92. The number of nitrogens with zero attached hydrogens (tertiary/aromatic N) is 2. The highest BCUT2D eigenvalue weighted by molar-refractivity contribution is 7.28. The molecule has 0 radical (unpaired) electrons. The monoisotopic (exact) mass is 1010 g/mol. The SMILES string of the molecule is CCCCCCCCC1(CCCCCCCC)c2cc(-c3ccc4c(c3)C(C)(C)c3cc(C=C(C#N)C(=O)O)ccc3-4)sc2-c2sc(-c3ccc(-c4ccc(N(c5ccccc5)c5ccccc5)cc4)s3)cc21. The van der Waals surface area contributed by atoms with Crippen LogP contribution in [0, 0.1) is 11.3 Å². The van der Waals surface area contributed by atoms with Gasteiger partial charge in [-0.2, -0.15) is 5.26 Å². The molecular weight excluding hydrogens is 949 g/mol. The van der Waals surface area contributed by atoms with Crippen molar-refractivity contribution < 1.29 is 9.90 Å². The lowest BCUT2D eigenvalue weighted by Gasteiger charge is -2.31. The zero-order valence-corrected chi connectivity index (χ0v) is 45.3. The standard InChI is InChI=1S/C66H66N2O2S3/c1-5-7-9-11-13-21-37-66(38-22-14-12-10-8-6-2)56-42-60(47-30-34-53-52-33-27-45(39-48(44-67)64(69)70)40-54(52)65(3,4)55(53)41-47)72-62(56)63-57(66)43-61(73-63)59-36-35-58(71-59)46-28-31-51(32-29-46)68(49-23-17-15-18-24-49)50-25-19-16-20-26-50/h15-20,23-36,39-43H,5-14,21-22,37-38H2,1-4H3,(H,69,70). The Bertz CT molecular complexity index is 3240. The molecule has 7 heteroatoms. The summed E-state index contributed by atoms with van der Waals surface area (Å²) in [7, 11) is 0. The number of carboxylic acid groups (broad SMARTS) is 1. The van der Waals surface area contributed by atoms with Crippen molar-refractivity contribution >= 4 is 63.1 Å². The first-order valence-corrected chi connectivity index (χ1v) is 29.1. The fourth-order valence-corrected chi connectivity index (χ4v) is 15.4. The fourth-order valence-electron chi connectivity index (χ4n) is 11.6. The van der Waals surface area contributed by atoms with Gasteiger partial charge in [-0.05, 0) is 136 Å². The minimum atomic E-state index is -1.21. The normalized spacial score (nSPS) is 13.8. The van der Waals surface area contributed by atoms with Crippen molar-refractivity contribution in [2.45, 2.75) is 128 Å². The van der Waals surface area contributed by atoms with Gasteiger partial charge in [0.1, 0.15) is 11.6 Å². The molecule has 2 aliphatic carbocycles. The minimum Gasteiger partial charge on any atom is -0.477 e. The van der Waals surface area contributed by atoms with Crippen LogP contribution in [0.3, 0.4) is 0 Å². The van der Waals surface area contributed by atoms with E-state index in [-0.39, 0.29) is 16.4 Å². The Balaban J connectivity index is 1.000. The Morgan fingerprint density at radius 1 is 0.534 bits per heavy atom. The summed E-state index contributed by atoms with van der Waals surface area (Å²) in [6.07, 6.45) is 19.3. The van der Waals surface area contributed by atoms with E-state index in [2.05, 4.69) is 172 Å². The number of fused-ring (bicyclic) bond motifs is 6. The third kappa shape index (κ3) is 10.1. The lowest BCUT2D eigenvalue weighted by molar-refractivity contribution is -0.132. The van der Waals surface area contributed by atoms with E-state index in [0.29, 0.717) is 0 Å². The lowest BCUT2D eigenvalue weighted by atomic mass is 9.71. The molecule has 0 spiro atoms. The molecule has 0 unspecified atom stereocenters. The first-order chi connectivity index (χ1) is 35.6. The van der Waals surface area contributed by atoms with Gasteiger partial charge in [-0.3, -0.25) is 0 Å². The Labute approximate surface area is 445 Å². The van der Waals surface area contributed by atoms with Crippen LogP contribution in [0.2, 0.25) is 0 Å². The van der Waals surface area contributed by atoms with E-state index in [1.165, 1.54) is 153 Å². The van der Waals surface area contributed by atoms with Crippen molar-refractivity contribution in [2.24, 2.45) is 0 Å². The summed E-state index contributed by atoms with van der Waals surface area (Å²) in [5.41, 5.74) is 14.0. The minimum absolute atomic E-state index is 0.0165. The molecule has 8 aromatic rings. The van der Waals surface area contributed by atoms with Crippen LogP contribution in [0.1, 0.15) is 145 Å². The van der Waals surface area contributed by atoms with Crippen LogP contribution in [0.4, 0.5) is 17.1 Å². The highest BCUT2D eigenvalue weighted by Gasteiger charge is 2.46. The molecule has 5 aromatic carbocycles. The highest BCUT2D eigenvalue weighted by atomic mass is 32.1. The summed E-state index contributed by atoms with van der Waals surface area (Å²) in [4.78, 5) is 22.3. The Morgan fingerprint density at radius 3 is 1.63 bits per heavy atom. The molecule has 2 aliphatic rings. The molecule has 3 aromatic heterocycles. The number of unbranched alkanes of at least 4 members (excludes halogenated alkanes) is 10. The van der Waals surface area contributed by atoms with Crippen LogP contribution in [0.15, 0.2) is 151 Å². The van der Waals surface area contributed by atoms with Crippen molar-refractivity contribution in [3.8, 4) is 57.6 Å². The van der Waals surface area contributed by atoms with Gasteiger partial charge in [0.2, 0.25) is 0 Å². The van der Waals surface area contributed by atoms with Crippen molar-refractivity contribution in [3.05, 3.63) is 179 Å². The zero-order chi connectivity index (χ0) is 50.5. The van der Waals surface area contributed by atoms with Crippen molar-refractivity contribution in [1.29, 1.82) is 5.26 Å². The first-order valence-electron chi connectivity index (χ1n) is 26.7. The number of carboxylic acids is 1. The molecule has 0 atom stereocenters. The van der Waals surface area contributed by atoms with Gasteiger partial charge in [-0.25, -0.2) is 4.79 Å². The summed E-state index contributed by atoms with van der Waals surface area (Å²) in [5, 5.41) is 19.1. The predicted octanol–water partition coefficient (Wildman–Crippen LogP) is 20.4. The third-order valence-electron chi connectivity index (χ3n) is 15.5. The van der Waals surface area contributed by atoms with E-state index in [1.807, 2.05) is 46.1 Å². The predicted molar refractivity (Wildman–Crippen MR) is 312 cm³/mol. The largest absolute Gasteiger partial charge is 0.477 e. The average molecular weight is 1020 g/mol. The summed E-state index contributed by atoms with van der Waals surface area (Å²) in [6.45, 7) is 9.16. The van der Waals surface area contributed by atoms with Crippen LogP contribution >= 0.6 is 34.0 Å². The van der Waals surface area contributed by atoms with E-state index < -0.39 is 5.97 Å².